The van der Waals surface area contributed by atoms with Crippen LogP contribution in [-0.4, -0.2) is 34.5 Å². The van der Waals surface area contributed by atoms with Gasteiger partial charge in [-0.15, -0.1) is 10.2 Å². The third-order valence-corrected chi connectivity index (χ3v) is 1.91. The number of hydrogen-bond donors (Lipinski definition) is 2. The van der Waals surface area contributed by atoms with E-state index in [9.17, 15) is 0 Å². The Labute approximate surface area is 86.7 Å². The molecule has 2 N–H and O–H groups in total. The zero-order chi connectivity index (χ0) is 10.5. The molecule has 6 nitrogen and oxygen atoms in total. The SMILES string of the molecule is COCNc1ccc(-c2nn[nH]n2)cc1. The van der Waals surface area contributed by atoms with E-state index < -0.39 is 0 Å². The molecule has 78 valence electrons. The van der Waals surface area contributed by atoms with E-state index in [0.29, 0.717) is 12.6 Å². The molecule has 15 heavy (non-hydrogen) atoms. The number of aromatic nitrogens is 4. The number of anilines is 1. The van der Waals surface area contributed by atoms with Gasteiger partial charge in [0.25, 0.3) is 0 Å². The molecule has 0 amide bonds. The minimum atomic E-state index is 0.488. The van der Waals surface area contributed by atoms with Crippen LogP contribution in [0.4, 0.5) is 5.69 Å². The largest absolute Gasteiger partial charge is 0.365 e. The maximum atomic E-state index is 4.90. The molecule has 1 aromatic heterocycles. The fourth-order valence-electron chi connectivity index (χ4n) is 1.18. The van der Waals surface area contributed by atoms with Crippen LogP contribution in [0.2, 0.25) is 0 Å². The lowest BCUT2D eigenvalue weighted by Gasteiger charge is -2.04. The highest BCUT2D eigenvalue weighted by Crippen LogP contribution is 2.16. The maximum absolute atomic E-state index is 4.90. The third kappa shape index (κ3) is 2.29. The summed E-state index contributed by atoms with van der Waals surface area (Å²) in [5, 5.41) is 16.8. The molecule has 1 aromatic carbocycles. The van der Waals surface area contributed by atoms with Crippen LogP contribution in [0.1, 0.15) is 0 Å². The summed E-state index contributed by atoms with van der Waals surface area (Å²) in [6, 6.07) is 7.71. The van der Waals surface area contributed by atoms with Crippen molar-refractivity contribution in [1.29, 1.82) is 0 Å². The molecule has 0 aliphatic carbocycles. The highest BCUT2D eigenvalue weighted by Gasteiger charge is 2.01. The van der Waals surface area contributed by atoms with E-state index in [1.807, 2.05) is 24.3 Å². The van der Waals surface area contributed by atoms with Crippen molar-refractivity contribution < 1.29 is 4.74 Å². The number of benzene rings is 1. The van der Waals surface area contributed by atoms with Crippen molar-refractivity contribution in [2.75, 3.05) is 19.2 Å². The van der Waals surface area contributed by atoms with E-state index in [-0.39, 0.29) is 0 Å². The monoisotopic (exact) mass is 205 g/mol. The molecule has 0 bridgehead atoms. The van der Waals surface area contributed by atoms with E-state index in [1.165, 1.54) is 0 Å². The average Bonchev–Trinajstić information content (AvgIpc) is 2.80. The average molecular weight is 205 g/mol. The van der Waals surface area contributed by atoms with Crippen LogP contribution in [0.5, 0.6) is 0 Å². The third-order valence-electron chi connectivity index (χ3n) is 1.91. The van der Waals surface area contributed by atoms with Gasteiger partial charge in [-0.05, 0) is 29.5 Å². The molecule has 6 heteroatoms. The van der Waals surface area contributed by atoms with Crippen LogP contribution in [0.25, 0.3) is 11.4 Å². The van der Waals surface area contributed by atoms with E-state index in [4.69, 9.17) is 4.74 Å². The molecule has 1 heterocycles. The number of hydrogen-bond acceptors (Lipinski definition) is 5. The number of tetrazole rings is 1. The first-order chi connectivity index (χ1) is 7.40. The summed E-state index contributed by atoms with van der Waals surface area (Å²) in [6.45, 7) is 0.488. The van der Waals surface area contributed by atoms with Gasteiger partial charge in [0.1, 0.15) is 6.73 Å². The zero-order valence-corrected chi connectivity index (χ0v) is 8.27. The van der Waals surface area contributed by atoms with Gasteiger partial charge in [0, 0.05) is 18.4 Å². The first kappa shape index (κ1) is 9.60. The van der Waals surface area contributed by atoms with Crippen molar-refractivity contribution in [3.63, 3.8) is 0 Å². The lowest BCUT2D eigenvalue weighted by atomic mass is 10.2. The van der Waals surface area contributed by atoms with Gasteiger partial charge in [-0.1, -0.05) is 0 Å². The Morgan fingerprint density at radius 3 is 2.73 bits per heavy atom. The normalized spacial score (nSPS) is 10.2. The van der Waals surface area contributed by atoms with E-state index in [1.54, 1.807) is 7.11 Å². The summed E-state index contributed by atoms with van der Waals surface area (Å²) in [7, 11) is 1.64. The maximum Gasteiger partial charge on any atom is 0.204 e. The van der Waals surface area contributed by atoms with Gasteiger partial charge >= 0.3 is 0 Å². The van der Waals surface area contributed by atoms with Crippen molar-refractivity contribution in [1.82, 2.24) is 20.6 Å². The van der Waals surface area contributed by atoms with Crippen molar-refractivity contribution >= 4 is 5.69 Å². The predicted molar refractivity (Wildman–Crippen MR) is 55.1 cm³/mol. The Morgan fingerprint density at radius 1 is 1.33 bits per heavy atom. The number of aromatic amines is 1. The van der Waals surface area contributed by atoms with Gasteiger partial charge in [0.15, 0.2) is 0 Å². The number of rotatable bonds is 4. The fourth-order valence-corrected chi connectivity index (χ4v) is 1.18. The van der Waals surface area contributed by atoms with Gasteiger partial charge in [-0.3, -0.25) is 0 Å². The highest BCUT2D eigenvalue weighted by atomic mass is 16.5. The van der Waals surface area contributed by atoms with Crippen molar-refractivity contribution in [3.05, 3.63) is 24.3 Å². The summed E-state index contributed by atoms with van der Waals surface area (Å²) in [5.74, 6) is 0.591. The highest BCUT2D eigenvalue weighted by molar-refractivity contribution is 5.58. The van der Waals surface area contributed by atoms with Crippen LogP contribution in [0.3, 0.4) is 0 Å². The number of methoxy groups -OCH3 is 1. The van der Waals surface area contributed by atoms with Gasteiger partial charge in [0.05, 0.1) is 0 Å². The second-order valence-corrected chi connectivity index (χ2v) is 2.92. The van der Waals surface area contributed by atoms with Gasteiger partial charge in [-0.25, -0.2) is 0 Å². The number of H-pyrrole nitrogens is 1. The summed E-state index contributed by atoms with van der Waals surface area (Å²) in [4.78, 5) is 0. The molecule has 2 aromatic rings. The van der Waals surface area contributed by atoms with Gasteiger partial charge in [0.2, 0.25) is 5.82 Å². The van der Waals surface area contributed by atoms with Gasteiger partial charge in [-0.2, -0.15) is 5.21 Å². The van der Waals surface area contributed by atoms with Crippen LogP contribution >= 0.6 is 0 Å². The second-order valence-electron chi connectivity index (χ2n) is 2.92. The van der Waals surface area contributed by atoms with Crippen LogP contribution in [0, 0.1) is 0 Å². The zero-order valence-electron chi connectivity index (χ0n) is 8.27. The molecule has 2 rings (SSSR count). The van der Waals surface area contributed by atoms with Crippen LogP contribution < -0.4 is 5.32 Å². The van der Waals surface area contributed by atoms with E-state index >= 15 is 0 Å². The second kappa shape index (κ2) is 4.52. The molecule has 0 saturated carbocycles. The fraction of sp³-hybridized carbons (Fsp3) is 0.222. The predicted octanol–water partition coefficient (Wildman–Crippen LogP) is 0.882. The Hall–Kier alpha value is -1.95. The molecule has 0 radical (unpaired) electrons. The van der Waals surface area contributed by atoms with Crippen molar-refractivity contribution in [3.8, 4) is 11.4 Å². The minimum absolute atomic E-state index is 0.488. The van der Waals surface area contributed by atoms with Crippen LogP contribution in [-0.2, 0) is 4.74 Å². The summed E-state index contributed by atoms with van der Waals surface area (Å²) in [6.07, 6.45) is 0. The van der Waals surface area contributed by atoms with Gasteiger partial charge < -0.3 is 10.1 Å². The van der Waals surface area contributed by atoms with Crippen molar-refractivity contribution in [2.24, 2.45) is 0 Å². The Balaban J connectivity index is 2.11. The molecule has 0 saturated heterocycles. The van der Waals surface area contributed by atoms with Crippen LogP contribution in [0.15, 0.2) is 24.3 Å². The van der Waals surface area contributed by atoms with E-state index in [2.05, 4.69) is 25.9 Å². The molecule has 0 atom stereocenters. The quantitative estimate of drug-likeness (QED) is 0.725. The Morgan fingerprint density at radius 2 is 2.13 bits per heavy atom. The topological polar surface area (TPSA) is 75.7 Å². The summed E-state index contributed by atoms with van der Waals surface area (Å²) in [5.41, 5.74) is 1.91. The summed E-state index contributed by atoms with van der Waals surface area (Å²) < 4.78 is 4.90. The van der Waals surface area contributed by atoms with Crippen molar-refractivity contribution in [2.45, 2.75) is 0 Å². The standard InChI is InChI=1S/C9H11N5O/c1-15-6-10-8-4-2-7(3-5-8)9-11-13-14-12-9/h2-5,10H,6H2,1H3,(H,11,12,13,14). The summed E-state index contributed by atoms with van der Waals surface area (Å²) >= 11 is 0. The molecule has 0 aliphatic heterocycles. The molecule has 0 unspecified atom stereocenters. The Kier molecular flexibility index (Phi) is 2.89. The molecular formula is C9H11N5O. The lowest BCUT2D eigenvalue weighted by molar-refractivity contribution is 0.221. The number of nitrogens with one attached hydrogen (secondary N) is 2. The minimum Gasteiger partial charge on any atom is -0.365 e. The molecule has 0 spiro atoms. The molecule has 0 aliphatic rings. The smallest absolute Gasteiger partial charge is 0.204 e. The first-order valence-corrected chi connectivity index (χ1v) is 4.47. The molecular weight excluding hydrogens is 194 g/mol. The number of nitrogens with zero attached hydrogens (tertiary/aromatic N) is 3. The Bertz CT molecular complexity index is 397. The number of ether oxygens (including phenoxy) is 1. The first-order valence-electron chi connectivity index (χ1n) is 4.47. The molecule has 0 fully saturated rings. The van der Waals surface area contributed by atoms with E-state index in [0.717, 1.165) is 11.3 Å². The lowest BCUT2D eigenvalue weighted by Crippen LogP contribution is -2.02.